The second-order valence-electron chi connectivity index (χ2n) is 9.59. The van der Waals surface area contributed by atoms with Crippen LogP contribution in [0.1, 0.15) is 47.3 Å². The molecule has 0 radical (unpaired) electrons. The van der Waals surface area contributed by atoms with E-state index in [1.165, 1.54) is 24.0 Å². The van der Waals surface area contributed by atoms with Gasteiger partial charge in [0.1, 0.15) is 12.4 Å². The lowest BCUT2D eigenvalue weighted by Crippen LogP contribution is -2.24. The summed E-state index contributed by atoms with van der Waals surface area (Å²) in [6.07, 6.45) is -4.85. The molecule has 0 amide bonds. The second kappa shape index (κ2) is 12.4. The maximum atomic E-state index is 10.6. The van der Waals surface area contributed by atoms with E-state index in [2.05, 4.69) is 38.2 Å². The van der Waals surface area contributed by atoms with Gasteiger partial charge in [-0.15, -0.1) is 0 Å². The molecule has 1 fully saturated rings. The molecule has 4 heterocycles. The lowest BCUT2D eigenvalue weighted by atomic mass is 9.95. The maximum absolute atomic E-state index is 10.6. The number of aliphatic carboxylic acids is 2. The molecule has 0 spiro atoms. The van der Waals surface area contributed by atoms with Crippen LogP contribution in [0.5, 0.6) is 0 Å². The van der Waals surface area contributed by atoms with Gasteiger partial charge in [0.15, 0.2) is 0 Å². The van der Waals surface area contributed by atoms with E-state index in [-0.39, 0.29) is 0 Å². The molecule has 11 nitrogen and oxygen atoms in total. The number of pyridine rings is 1. The van der Waals surface area contributed by atoms with Crippen molar-refractivity contribution in [3.05, 3.63) is 59.0 Å². The van der Waals surface area contributed by atoms with Crippen molar-refractivity contribution in [3.8, 4) is 11.4 Å². The number of nitrogens with one attached hydrogen (secondary N) is 1. The van der Waals surface area contributed by atoms with Crippen LogP contribution >= 0.6 is 0 Å². The van der Waals surface area contributed by atoms with Crippen molar-refractivity contribution in [1.82, 2.24) is 30.0 Å². The topological polar surface area (TPSA) is 156 Å². The van der Waals surface area contributed by atoms with Gasteiger partial charge in [-0.25, -0.2) is 14.6 Å². The molecule has 0 atom stereocenters. The monoisotopic (exact) mass is 614 g/mol. The van der Waals surface area contributed by atoms with Crippen molar-refractivity contribution in [2.24, 2.45) is 0 Å². The van der Waals surface area contributed by atoms with E-state index in [0.717, 1.165) is 47.6 Å². The van der Waals surface area contributed by atoms with Crippen LogP contribution in [-0.2, 0) is 29.1 Å². The minimum Gasteiger partial charge on any atom is -0.475 e. The van der Waals surface area contributed by atoms with Gasteiger partial charge in [-0.2, -0.15) is 31.3 Å². The van der Waals surface area contributed by atoms with Crippen LogP contribution in [0.3, 0.4) is 0 Å². The number of hydrogen-bond acceptors (Lipinski definition) is 8. The van der Waals surface area contributed by atoms with Gasteiger partial charge in [-0.1, -0.05) is 17.3 Å². The summed E-state index contributed by atoms with van der Waals surface area (Å²) in [6.45, 7) is 4.36. The number of rotatable bonds is 4. The number of para-hydroxylation sites is 2. The average Bonchev–Trinajstić information content (AvgIpc) is 3.58. The fourth-order valence-electron chi connectivity index (χ4n) is 4.34. The number of nitrogens with zero attached hydrogens (tertiary/aromatic N) is 5. The third-order valence-corrected chi connectivity index (χ3v) is 6.43. The first-order chi connectivity index (χ1) is 20.2. The number of alkyl halides is 6. The summed E-state index contributed by atoms with van der Waals surface area (Å²) in [5.41, 5.74) is 6.63. The van der Waals surface area contributed by atoms with Gasteiger partial charge in [0, 0.05) is 29.9 Å². The van der Waals surface area contributed by atoms with Gasteiger partial charge in [-0.3, -0.25) is 4.98 Å². The second-order valence-corrected chi connectivity index (χ2v) is 9.59. The van der Waals surface area contributed by atoms with Crippen molar-refractivity contribution in [2.75, 3.05) is 6.54 Å². The van der Waals surface area contributed by atoms with Gasteiger partial charge in [-0.05, 0) is 56.0 Å². The molecule has 6 rings (SSSR count). The zero-order valence-corrected chi connectivity index (χ0v) is 22.3. The average molecular weight is 615 g/mol. The minimum atomic E-state index is -5.08. The maximum Gasteiger partial charge on any atom is 0.490 e. The molecule has 4 aromatic rings. The third kappa shape index (κ3) is 7.65. The predicted molar refractivity (Wildman–Crippen MR) is 136 cm³/mol. The van der Waals surface area contributed by atoms with E-state index in [0.29, 0.717) is 24.2 Å². The molecule has 1 aliphatic carbocycles. The fraction of sp³-hybridized carbons (Fsp3) is 0.385. The lowest BCUT2D eigenvalue weighted by molar-refractivity contribution is -0.193. The number of carbonyl (C=O) groups is 2. The Balaban J connectivity index is 0.000000254. The zero-order chi connectivity index (χ0) is 31.5. The molecular formula is C26H24F6N6O5. The number of carboxylic acids is 2. The smallest absolute Gasteiger partial charge is 0.475 e. The number of hydrogen-bond donors (Lipinski definition) is 3. The van der Waals surface area contributed by atoms with Gasteiger partial charge >= 0.3 is 24.3 Å². The van der Waals surface area contributed by atoms with Crippen molar-refractivity contribution in [2.45, 2.75) is 57.5 Å². The first-order valence-electron chi connectivity index (χ1n) is 12.7. The molecule has 43 heavy (non-hydrogen) atoms. The van der Waals surface area contributed by atoms with Crippen molar-refractivity contribution in [1.29, 1.82) is 0 Å². The number of halogens is 6. The van der Waals surface area contributed by atoms with Gasteiger partial charge in [0.2, 0.25) is 11.7 Å². The van der Waals surface area contributed by atoms with Crippen LogP contribution in [-0.4, -0.2) is 65.7 Å². The standard InChI is InChI=1S/C22H22N6O.2C2HF3O2/c1-13-20(16-8-9-23-10-15(16)11-24-13)21-26-19(29-27-21)12-28-18-5-3-2-4-17(18)25-22(28)14-6-7-14;2*3-2(4,5)1(6)7/h2-5,11,14,23H,6-10,12H2,1H3;2*(H,6,7). The Labute approximate surface area is 238 Å². The lowest BCUT2D eigenvalue weighted by Gasteiger charge is -2.19. The van der Waals surface area contributed by atoms with Crippen LogP contribution in [0.2, 0.25) is 0 Å². The van der Waals surface area contributed by atoms with Crippen LogP contribution < -0.4 is 5.32 Å². The first kappa shape index (κ1) is 31.4. The molecule has 0 unspecified atom stereocenters. The van der Waals surface area contributed by atoms with Gasteiger partial charge in [0.05, 0.1) is 11.0 Å². The van der Waals surface area contributed by atoms with E-state index < -0.39 is 24.3 Å². The summed E-state index contributed by atoms with van der Waals surface area (Å²) < 4.78 is 71.4. The molecule has 0 saturated heterocycles. The van der Waals surface area contributed by atoms with Gasteiger partial charge in [0.25, 0.3) is 0 Å². The molecule has 2 aliphatic rings. The van der Waals surface area contributed by atoms with Crippen LogP contribution in [0.25, 0.3) is 22.4 Å². The molecule has 230 valence electrons. The molecule has 3 aromatic heterocycles. The first-order valence-corrected chi connectivity index (χ1v) is 12.7. The highest BCUT2D eigenvalue weighted by molar-refractivity contribution is 5.76. The highest BCUT2D eigenvalue weighted by Gasteiger charge is 2.39. The van der Waals surface area contributed by atoms with E-state index in [1.807, 2.05) is 19.2 Å². The van der Waals surface area contributed by atoms with Crippen LogP contribution in [0.4, 0.5) is 26.3 Å². The van der Waals surface area contributed by atoms with Crippen LogP contribution in [0.15, 0.2) is 35.0 Å². The Bertz CT molecular complexity index is 1600. The SMILES string of the molecule is Cc1ncc2c(c1-c1noc(Cn3c(C4CC4)nc4ccccc43)n1)CCNC2.O=C(O)C(F)(F)F.O=C(O)C(F)(F)F. The normalized spacial score (nSPS) is 14.7. The highest BCUT2D eigenvalue weighted by atomic mass is 19.4. The summed E-state index contributed by atoms with van der Waals surface area (Å²) in [5.74, 6) is -2.59. The van der Waals surface area contributed by atoms with Gasteiger partial charge < -0.3 is 24.6 Å². The van der Waals surface area contributed by atoms with E-state index >= 15 is 0 Å². The number of benzene rings is 1. The van der Waals surface area contributed by atoms with E-state index in [9.17, 15) is 26.3 Å². The molecule has 3 N–H and O–H groups in total. The summed E-state index contributed by atoms with van der Waals surface area (Å²) in [7, 11) is 0. The molecule has 1 aliphatic heterocycles. The summed E-state index contributed by atoms with van der Waals surface area (Å²) in [6, 6.07) is 8.26. The number of aryl methyl sites for hydroxylation is 1. The summed E-state index contributed by atoms with van der Waals surface area (Å²) in [4.78, 5) is 32.0. The van der Waals surface area contributed by atoms with Crippen molar-refractivity contribution >= 4 is 23.0 Å². The molecular weight excluding hydrogens is 590 g/mol. The number of imidazole rings is 1. The summed E-state index contributed by atoms with van der Waals surface area (Å²) >= 11 is 0. The number of fused-ring (bicyclic) bond motifs is 2. The minimum absolute atomic E-state index is 0.544. The zero-order valence-electron chi connectivity index (χ0n) is 22.3. The van der Waals surface area contributed by atoms with E-state index in [1.54, 1.807) is 0 Å². The number of carboxylic acid groups (broad SMARTS) is 2. The Kier molecular flexibility index (Phi) is 9.03. The molecule has 1 aromatic carbocycles. The largest absolute Gasteiger partial charge is 0.490 e. The van der Waals surface area contributed by atoms with Crippen molar-refractivity contribution < 1.29 is 50.7 Å². The predicted octanol–water partition coefficient (Wildman–Crippen LogP) is 4.63. The van der Waals surface area contributed by atoms with Crippen molar-refractivity contribution in [3.63, 3.8) is 0 Å². The summed E-state index contributed by atoms with van der Waals surface area (Å²) in [5, 5.41) is 22.0. The quantitative estimate of drug-likeness (QED) is 0.277. The fourth-order valence-corrected chi connectivity index (χ4v) is 4.34. The Hall–Kier alpha value is -4.54. The Morgan fingerprint density at radius 3 is 2.28 bits per heavy atom. The number of aromatic nitrogens is 5. The highest BCUT2D eigenvalue weighted by Crippen LogP contribution is 2.41. The Morgan fingerprint density at radius 1 is 1.05 bits per heavy atom. The van der Waals surface area contributed by atoms with Crippen LogP contribution in [0, 0.1) is 6.92 Å². The molecule has 0 bridgehead atoms. The molecule has 17 heteroatoms. The third-order valence-electron chi connectivity index (χ3n) is 6.43. The Morgan fingerprint density at radius 2 is 1.67 bits per heavy atom. The van der Waals surface area contributed by atoms with E-state index in [4.69, 9.17) is 34.3 Å². The molecule has 1 saturated carbocycles.